The minimum atomic E-state index is -8.74. The summed E-state index contributed by atoms with van der Waals surface area (Å²) in [5, 5.41) is 0. The highest BCUT2D eigenvalue weighted by Crippen LogP contribution is 2.63. The molecule has 2 nitrogen and oxygen atoms in total. The van der Waals surface area contributed by atoms with Crippen LogP contribution in [0.3, 0.4) is 0 Å². The molecule has 0 unspecified atom stereocenters. The van der Waals surface area contributed by atoms with Crippen molar-refractivity contribution in [2.45, 2.75) is 91.1 Å². The van der Waals surface area contributed by atoms with Crippen LogP contribution in [0.25, 0.3) is 0 Å². The van der Waals surface area contributed by atoms with Crippen molar-refractivity contribution in [3.63, 3.8) is 0 Å². The van der Waals surface area contributed by atoms with Gasteiger partial charge in [-0.25, -0.2) is 4.79 Å². The molecule has 0 spiro atoms. The van der Waals surface area contributed by atoms with Crippen LogP contribution in [0.1, 0.15) is 19.8 Å². The first kappa shape index (κ1) is 45.2. The highest BCUT2D eigenvalue weighted by molar-refractivity contribution is 5.86. The lowest BCUT2D eigenvalue weighted by atomic mass is 9.89. The molecule has 0 fully saturated rings. The van der Waals surface area contributed by atoms with Crippen LogP contribution >= 0.6 is 0 Å². The standard InChI is InChI=1S/C21H13F25O2/c1-8(2)9(47)48-7-3-4-10(22,23)13(28,29)16(34,35)17(36,37)14(30,31)11(24,25)5-6-12(26,27)15(32,33)18(38,39)19(40,41)20(42,43)21(44,45)46/h5-6H,1,3-4,7H2,2H3. The first-order chi connectivity index (χ1) is 20.5. The van der Waals surface area contributed by atoms with E-state index in [1.54, 1.807) is 0 Å². The third-order valence-corrected chi connectivity index (χ3v) is 5.74. The Morgan fingerprint density at radius 1 is 0.500 bits per heavy atom. The Morgan fingerprint density at radius 3 is 1.08 bits per heavy atom. The first-order valence-electron chi connectivity index (χ1n) is 11.3. The SMILES string of the molecule is C=C(C)C(=O)OCCCC(F)(F)C(F)(F)C(F)(F)C(F)(F)C(F)(F)C(F)(F)C=CC(F)(F)C(F)(F)C(F)(F)C(F)(F)C(F)(F)C(F)(F)F. The van der Waals surface area contributed by atoms with E-state index in [1.807, 2.05) is 0 Å². The quantitative estimate of drug-likeness (QED) is 0.0514. The second-order valence-electron chi connectivity index (χ2n) is 9.40. The van der Waals surface area contributed by atoms with Crippen LogP contribution in [-0.4, -0.2) is 83.9 Å². The number of carbonyl (C=O) groups is 1. The van der Waals surface area contributed by atoms with Gasteiger partial charge in [0.25, 0.3) is 0 Å². The van der Waals surface area contributed by atoms with E-state index in [9.17, 15) is 115 Å². The molecule has 0 radical (unpaired) electrons. The Balaban J connectivity index is 6.70. The minimum absolute atomic E-state index is 0.480. The Morgan fingerprint density at radius 2 is 0.792 bits per heavy atom. The summed E-state index contributed by atoms with van der Waals surface area (Å²) in [5.74, 6) is -91.4. The number of allylic oxidation sites excluding steroid dienone is 2. The number of alkyl halides is 25. The minimum Gasteiger partial charge on any atom is -0.462 e. The summed E-state index contributed by atoms with van der Waals surface area (Å²) in [4.78, 5) is 11.0. The van der Waals surface area contributed by atoms with Gasteiger partial charge in [0.2, 0.25) is 0 Å². The van der Waals surface area contributed by atoms with Gasteiger partial charge in [-0.05, 0) is 25.5 Å². The maximum absolute atomic E-state index is 13.9. The summed E-state index contributed by atoms with van der Waals surface area (Å²) in [6.07, 6.45) is -18.4. The van der Waals surface area contributed by atoms with Crippen molar-refractivity contribution in [2.75, 3.05) is 6.61 Å². The van der Waals surface area contributed by atoms with Gasteiger partial charge in [-0.15, -0.1) is 0 Å². The number of hydrogen-bond donors (Lipinski definition) is 0. The largest absolute Gasteiger partial charge is 0.462 e. The first-order valence-corrected chi connectivity index (χ1v) is 11.3. The van der Waals surface area contributed by atoms with Crippen molar-refractivity contribution in [1.29, 1.82) is 0 Å². The van der Waals surface area contributed by atoms with Crippen LogP contribution in [0, 0.1) is 0 Å². The lowest BCUT2D eigenvalue weighted by Gasteiger charge is -2.41. The summed E-state index contributed by atoms with van der Waals surface area (Å²) in [6, 6.07) is 0. The molecule has 27 heteroatoms. The third-order valence-electron chi connectivity index (χ3n) is 5.74. The Hall–Kier alpha value is -2.80. The third kappa shape index (κ3) is 6.82. The van der Waals surface area contributed by atoms with Gasteiger partial charge in [-0.3, -0.25) is 0 Å². The second-order valence-corrected chi connectivity index (χ2v) is 9.40. The number of rotatable bonds is 16. The normalized spacial score (nSPS) is 16.0. The second kappa shape index (κ2) is 12.5. The van der Waals surface area contributed by atoms with Gasteiger partial charge in [0, 0.05) is 12.0 Å². The van der Waals surface area contributed by atoms with Crippen LogP contribution in [0.5, 0.6) is 0 Å². The van der Waals surface area contributed by atoms with Crippen molar-refractivity contribution in [3.8, 4) is 0 Å². The van der Waals surface area contributed by atoms with Gasteiger partial charge < -0.3 is 4.74 Å². The molecule has 0 heterocycles. The highest BCUT2D eigenvalue weighted by atomic mass is 19.4. The van der Waals surface area contributed by atoms with Gasteiger partial charge in [0.1, 0.15) is 0 Å². The van der Waals surface area contributed by atoms with Crippen LogP contribution in [0.15, 0.2) is 24.3 Å². The van der Waals surface area contributed by atoms with E-state index in [0.717, 1.165) is 6.92 Å². The molecule has 0 aromatic heterocycles. The van der Waals surface area contributed by atoms with Gasteiger partial charge in [-0.1, -0.05) is 6.58 Å². The Kier molecular flexibility index (Phi) is 11.8. The van der Waals surface area contributed by atoms with Crippen LogP contribution in [0.4, 0.5) is 110 Å². The van der Waals surface area contributed by atoms with E-state index in [-0.39, 0.29) is 0 Å². The molecule has 0 bridgehead atoms. The molecule has 0 aliphatic carbocycles. The van der Waals surface area contributed by atoms with Crippen molar-refractivity contribution < 1.29 is 119 Å². The van der Waals surface area contributed by atoms with E-state index in [2.05, 4.69) is 11.3 Å². The molecule has 0 aliphatic rings. The predicted octanol–water partition coefficient (Wildman–Crippen LogP) is 9.99. The van der Waals surface area contributed by atoms with Gasteiger partial charge in [-0.2, -0.15) is 110 Å². The van der Waals surface area contributed by atoms with Crippen molar-refractivity contribution in [2.24, 2.45) is 0 Å². The molecule has 0 aromatic carbocycles. The maximum atomic E-state index is 13.9. The number of esters is 1. The fourth-order valence-electron chi connectivity index (χ4n) is 2.77. The van der Waals surface area contributed by atoms with Crippen molar-refractivity contribution in [3.05, 3.63) is 24.3 Å². The van der Waals surface area contributed by atoms with Crippen LogP contribution in [-0.2, 0) is 9.53 Å². The van der Waals surface area contributed by atoms with Crippen LogP contribution < -0.4 is 0 Å². The average molecular weight is 772 g/mol. The number of halogens is 25. The molecule has 0 amide bonds. The number of ether oxygens (including phenoxy) is 1. The van der Waals surface area contributed by atoms with Gasteiger partial charge in [0.05, 0.1) is 6.61 Å². The number of hydrogen-bond acceptors (Lipinski definition) is 2. The molecule has 48 heavy (non-hydrogen) atoms. The van der Waals surface area contributed by atoms with E-state index in [1.165, 1.54) is 0 Å². The molecule has 284 valence electrons. The van der Waals surface area contributed by atoms with E-state index < -0.39 is 114 Å². The molecular weight excluding hydrogens is 759 g/mol. The zero-order valence-electron chi connectivity index (χ0n) is 22.2. The summed E-state index contributed by atoms with van der Waals surface area (Å²) in [6.45, 7) is 2.44. The molecule has 0 rings (SSSR count). The van der Waals surface area contributed by atoms with Gasteiger partial charge >= 0.3 is 77.3 Å². The molecule has 0 aromatic rings. The zero-order chi connectivity index (χ0) is 39.4. The molecule has 0 N–H and O–H groups in total. The highest BCUT2D eigenvalue weighted by Gasteiger charge is 2.92. The molecular formula is C21H13F25O2. The monoisotopic (exact) mass is 772 g/mol. The fourth-order valence-corrected chi connectivity index (χ4v) is 2.77. The van der Waals surface area contributed by atoms with Crippen molar-refractivity contribution >= 4 is 5.97 Å². The lowest BCUT2D eigenvalue weighted by molar-refractivity contribution is -0.436. The fraction of sp³-hybridized carbons (Fsp3) is 0.762. The molecule has 0 atom stereocenters. The topological polar surface area (TPSA) is 26.3 Å². The van der Waals surface area contributed by atoms with Crippen LogP contribution in [0.2, 0.25) is 0 Å². The molecule has 0 saturated heterocycles. The zero-order valence-corrected chi connectivity index (χ0v) is 22.2. The summed E-state index contributed by atoms with van der Waals surface area (Å²) in [5.41, 5.74) is -0.480. The Bertz CT molecular complexity index is 1210. The average Bonchev–Trinajstić information content (AvgIpc) is 2.88. The van der Waals surface area contributed by atoms with Crippen molar-refractivity contribution in [1.82, 2.24) is 0 Å². The summed E-state index contributed by atoms with van der Waals surface area (Å²) >= 11 is 0. The van der Waals surface area contributed by atoms with E-state index >= 15 is 0 Å². The van der Waals surface area contributed by atoms with E-state index in [4.69, 9.17) is 0 Å². The summed E-state index contributed by atoms with van der Waals surface area (Å²) in [7, 11) is 0. The Labute approximate surface area is 248 Å². The molecule has 0 aliphatic heterocycles. The molecule has 0 saturated carbocycles. The summed E-state index contributed by atoms with van der Waals surface area (Å²) < 4.78 is 339. The smallest absolute Gasteiger partial charge is 0.460 e. The maximum Gasteiger partial charge on any atom is 0.460 e. The van der Waals surface area contributed by atoms with E-state index in [0.29, 0.717) is 0 Å². The lowest BCUT2D eigenvalue weighted by Crippen LogP contribution is -2.70. The van der Waals surface area contributed by atoms with Gasteiger partial charge in [0.15, 0.2) is 0 Å². The number of carbonyl (C=O) groups excluding carboxylic acids is 1. The predicted molar refractivity (Wildman–Crippen MR) is 105 cm³/mol.